The smallest absolute Gasteiger partial charge is 0.242 e. The number of hydrogen-bond acceptors (Lipinski definition) is 3. The Morgan fingerprint density at radius 3 is 2.53 bits per heavy atom. The summed E-state index contributed by atoms with van der Waals surface area (Å²) in [5, 5.41) is 5.74. The maximum atomic E-state index is 13.4. The third-order valence-corrected chi connectivity index (χ3v) is 2.96. The minimum atomic E-state index is -0.512. The molecule has 0 aliphatic rings. The van der Waals surface area contributed by atoms with Gasteiger partial charge in [-0.2, -0.15) is 0 Å². The average Bonchev–Trinajstić information content (AvgIpc) is 2.23. The van der Waals surface area contributed by atoms with Crippen LogP contribution in [0.25, 0.3) is 0 Å². The van der Waals surface area contributed by atoms with Gasteiger partial charge < -0.3 is 16.4 Å². The molecule has 0 spiro atoms. The molecule has 0 fully saturated rings. The molecule has 1 rings (SSSR count). The Morgan fingerprint density at radius 2 is 2.00 bits per heavy atom. The highest BCUT2D eigenvalue weighted by molar-refractivity contribution is 9.10. The molecule has 0 heterocycles. The SMILES string of the molecule is CC(Nc1cc(F)c(Br)cc1N)C(=O)NC(C)(C)C. The summed E-state index contributed by atoms with van der Waals surface area (Å²) in [5.41, 5.74) is 6.24. The van der Waals surface area contributed by atoms with Crippen molar-refractivity contribution < 1.29 is 9.18 Å². The van der Waals surface area contributed by atoms with Gasteiger partial charge in [0.25, 0.3) is 0 Å². The van der Waals surface area contributed by atoms with Crippen LogP contribution >= 0.6 is 15.9 Å². The second-order valence-corrected chi connectivity index (χ2v) is 6.31. The van der Waals surface area contributed by atoms with E-state index in [0.717, 1.165) is 0 Å². The van der Waals surface area contributed by atoms with Crippen LogP contribution in [0.15, 0.2) is 16.6 Å². The number of halogens is 2. The van der Waals surface area contributed by atoms with Crippen molar-refractivity contribution in [3.63, 3.8) is 0 Å². The van der Waals surface area contributed by atoms with Gasteiger partial charge in [-0.3, -0.25) is 4.79 Å². The number of anilines is 2. The second-order valence-electron chi connectivity index (χ2n) is 5.46. The molecule has 19 heavy (non-hydrogen) atoms. The second kappa shape index (κ2) is 5.77. The van der Waals surface area contributed by atoms with Gasteiger partial charge in [0, 0.05) is 11.6 Å². The molecule has 0 radical (unpaired) electrons. The van der Waals surface area contributed by atoms with Crippen LogP contribution in [0.1, 0.15) is 27.7 Å². The molecule has 1 aromatic rings. The summed E-state index contributed by atoms with van der Waals surface area (Å²) in [7, 11) is 0. The Labute approximate surface area is 121 Å². The quantitative estimate of drug-likeness (QED) is 0.746. The van der Waals surface area contributed by atoms with Crippen molar-refractivity contribution >= 4 is 33.2 Å². The van der Waals surface area contributed by atoms with Gasteiger partial charge in [-0.15, -0.1) is 0 Å². The first-order valence-electron chi connectivity index (χ1n) is 5.93. The number of benzene rings is 1. The lowest BCUT2D eigenvalue weighted by Crippen LogP contribution is -2.47. The van der Waals surface area contributed by atoms with Gasteiger partial charge in [-0.05, 0) is 49.7 Å². The average molecular weight is 332 g/mol. The fourth-order valence-electron chi connectivity index (χ4n) is 1.46. The van der Waals surface area contributed by atoms with Crippen LogP contribution in [0.4, 0.5) is 15.8 Å². The first kappa shape index (κ1) is 15.8. The fraction of sp³-hybridized carbons (Fsp3) is 0.462. The largest absolute Gasteiger partial charge is 0.397 e. The number of nitrogens with one attached hydrogen (secondary N) is 2. The lowest BCUT2D eigenvalue weighted by Gasteiger charge is -2.24. The summed E-state index contributed by atoms with van der Waals surface area (Å²) in [6.07, 6.45) is 0. The summed E-state index contributed by atoms with van der Waals surface area (Å²) >= 11 is 3.05. The fourth-order valence-corrected chi connectivity index (χ4v) is 1.82. The first-order chi connectivity index (χ1) is 8.60. The third-order valence-electron chi connectivity index (χ3n) is 2.36. The highest BCUT2D eigenvalue weighted by Gasteiger charge is 2.20. The van der Waals surface area contributed by atoms with Gasteiger partial charge in [0.05, 0.1) is 15.8 Å². The standard InChI is InChI=1S/C13H19BrFN3O/c1-7(12(19)18-13(2,3)4)17-11-6-9(15)8(14)5-10(11)16/h5-7,17H,16H2,1-4H3,(H,18,19). The van der Waals surface area contributed by atoms with E-state index in [-0.39, 0.29) is 11.4 Å². The molecular formula is C13H19BrFN3O. The molecule has 0 aliphatic carbocycles. The van der Waals surface area contributed by atoms with E-state index in [9.17, 15) is 9.18 Å². The van der Waals surface area contributed by atoms with E-state index >= 15 is 0 Å². The van der Waals surface area contributed by atoms with E-state index in [1.165, 1.54) is 12.1 Å². The molecule has 1 atom stereocenters. The van der Waals surface area contributed by atoms with Gasteiger partial charge in [-0.1, -0.05) is 0 Å². The molecule has 0 saturated heterocycles. The number of amides is 1. The molecule has 0 saturated carbocycles. The van der Waals surface area contributed by atoms with Crippen molar-refractivity contribution in [1.82, 2.24) is 5.32 Å². The van der Waals surface area contributed by atoms with Gasteiger partial charge in [0.1, 0.15) is 11.9 Å². The van der Waals surface area contributed by atoms with Crippen molar-refractivity contribution in [2.24, 2.45) is 0 Å². The van der Waals surface area contributed by atoms with Crippen molar-refractivity contribution in [2.45, 2.75) is 39.3 Å². The van der Waals surface area contributed by atoms with Crippen LogP contribution in [-0.4, -0.2) is 17.5 Å². The molecule has 1 aromatic carbocycles. The van der Waals surface area contributed by atoms with E-state index in [0.29, 0.717) is 15.8 Å². The molecule has 0 bridgehead atoms. The molecule has 6 heteroatoms. The molecule has 1 unspecified atom stereocenters. The Hall–Kier alpha value is -1.30. The van der Waals surface area contributed by atoms with E-state index in [1.807, 2.05) is 20.8 Å². The van der Waals surface area contributed by atoms with E-state index in [2.05, 4.69) is 26.6 Å². The van der Waals surface area contributed by atoms with Crippen molar-refractivity contribution in [2.75, 3.05) is 11.1 Å². The van der Waals surface area contributed by atoms with Crippen LogP contribution in [0.2, 0.25) is 0 Å². The van der Waals surface area contributed by atoms with Crippen molar-refractivity contribution in [3.05, 3.63) is 22.4 Å². The highest BCUT2D eigenvalue weighted by atomic mass is 79.9. The predicted octanol–water partition coefficient (Wildman–Crippen LogP) is 2.89. The Bertz CT molecular complexity index is 486. The van der Waals surface area contributed by atoms with Gasteiger partial charge in [0.15, 0.2) is 0 Å². The van der Waals surface area contributed by atoms with Crippen LogP contribution in [0.5, 0.6) is 0 Å². The van der Waals surface area contributed by atoms with E-state index < -0.39 is 11.9 Å². The van der Waals surface area contributed by atoms with Crippen LogP contribution < -0.4 is 16.4 Å². The van der Waals surface area contributed by atoms with Crippen LogP contribution in [0.3, 0.4) is 0 Å². The lowest BCUT2D eigenvalue weighted by atomic mass is 10.1. The molecule has 0 aromatic heterocycles. The molecule has 106 valence electrons. The lowest BCUT2D eigenvalue weighted by molar-refractivity contribution is -0.122. The molecule has 1 amide bonds. The topological polar surface area (TPSA) is 67.1 Å². The third kappa shape index (κ3) is 4.70. The normalized spacial score (nSPS) is 12.9. The number of rotatable bonds is 3. The first-order valence-corrected chi connectivity index (χ1v) is 6.72. The minimum absolute atomic E-state index is 0.171. The van der Waals surface area contributed by atoms with Gasteiger partial charge in [0.2, 0.25) is 5.91 Å². The van der Waals surface area contributed by atoms with Crippen LogP contribution in [0, 0.1) is 5.82 Å². The van der Waals surface area contributed by atoms with Gasteiger partial charge in [-0.25, -0.2) is 4.39 Å². The Morgan fingerprint density at radius 1 is 1.42 bits per heavy atom. The Kier molecular flexibility index (Phi) is 4.79. The van der Waals surface area contributed by atoms with Crippen molar-refractivity contribution in [3.8, 4) is 0 Å². The zero-order valence-electron chi connectivity index (χ0n) is 11.5. The predicted molar refractivity (Wildman–Crippen MR) is 79.5 cm³/mol. The number of carbonyl (C=O) groups is 1. The van der Waals surface area contributed by atoms with Gasteiger partial charge >= 0.3 is 0 Å². The zero-order chi connectivity index (χ0) is 14.8. The summed E-state index contributed by atoms with van der Waals surface area (Å²) in [6.45, 7) is 7.38. The van der Waals surface area contributed by atoms with Crippen molar-refractivity contribution in [1.29, 1.82) is 0 Å². The highest BCUT2D eigenvalue weighted by Crippen LogP contribution is 2.26. The maximum absolute atomic E-state index is 13.4. The van der Waals surface area contributed by atoms with Crippen LogP contribution in [-0.2, 0) is 4.79 Å². The summed E-state index contributed by atoms with van der Waals surface area (Å²) in [5.74, 6) is -0.602. The summed E-state index contributed by atoms with van der Waals surface area (Å²) < 4.78 is 13.7. The number of nitrogens with two attached hydrogens (primary N) is 1. The monoisotopic (exact) mass is 331 g/mol. The summed E-state index contributed by atoms with van der Waals surface area (Å²) in [6, 6.07) is 2.22. The number of carbonyl (C=O) groups excluding carboxylic acids is 1. The van der Waals surface area contributed by atoms with E-state index in [1.54, 1.807) is 6.92 Å². The molecule has 4 nitrogen and oxygen atoms in total. The summed E-state index contributed by atoms with van der Waals surface area (Å²) in [4.78, 5) is 11.9. The number of nitrogen functional groups attached to an aromatic ring is 1. The molecule has 0 aliphatic heterocycles. The minimum Gasteiger partial charge on any atom is -0.397 e. The van der Waals surface area contributed by atoms with E-state index in [4.69, 9.17) is 5.73 Å². The molecular weight excluding hydrogens is 313 g/mol. The maximum Gasteiger partial charge on any atom is 0.242 e. The number of hydrogen-bond donors (Lipinski definition) is 3. The molecule has 4 N–H and O–H groups in total. The zero-order valence-corrected chi connectivity index (χ0v) is 13.1. The Balaban J connectivity index is 2.80.